The number of nitrogen functional groups attached to an aromatic ring is 1. The molecule has 1 unspecified atom stereocenters. The van der Waals surface area contributed by atoms with Gasteiger partial charge in [-0.15, -0.1) is 0 Å². The minimum atomic E-state index is -1.31. The molecule has 0 aliphatic heterocycles. The summed E-state index contributed by atoms with van der Waals surface area (Å²) in [7, 11) is 0. The first kappa shape index (κ1) is 14.8. The van der Waals surface area contributed by atoms with E-state index in [2.05, 4.69) is 5.32 Å². The van der Waals surface area contributed by atoms with Gasteiger partial charge in [0.05, 0.1) is 5.56 Å². The maximum Gasteiger partial charge on any atom is 0.329 e. The van der Waals surface area contributed by atoms with Crippen LogP contribution in [0.4, 0.5) is 5.69 Å². The molecule has 4 N–H and O–H groups in total. The summed E-state index contributed by atoms with van der Waals surface area (Å²) in [6.07, 6.45) is 0.279. The molecule has 110 valence electrons. The minimum absolute atomic E-state index is 0.279. The summed E-state index contributed by atoms with van der Waals surface area (Å²) < 4.78 is 0. The SMILES string of the molecule is CCC(C)(NC(=O)c1cc2ccccc2cc1N)C(=O)O. The van der Waals surface area contributed by atoms with Gasteiger partial charge in [0.2, 0.25) is 0 Å². The van der Waals surface area contributed by atoms with Gasteiger partial charge in [0.15, 0.2) is 0 Å². The summed E-state index contributed by atoms with van der Waals surface area (Å²) in [5, 5.41) is 13.6. The number of amides is 1. The number of carbonyl (C=O) groups is 2. The zero-order valence-electron chi connectivity index (χ0n) is 12.0. The second-order valence-electron chi connectivity index (χ2n) is 5.23. The van der Waals surface area contributed by atoms with Crippen LogP contribution in [0.5, 0.6) is 0 Å². The molecule has 5 nitrogen and oxygen atoms in total. The second-order valence-corrected chi connectivity index (χ2v) is 5.23. The van der Waals surface area contributed by atoms with Crippen molar-refractivity contribution >= 4 is 28.3 Å². The molecular weight excluding hydrogens is 268 g/mol. The molecule has 2 rings (SSSR count). The quantitative estimate of drug-likeness (QED) is 0.752. The molecule has 0 spiro atoms. The molecular formula is C16H18N2O3. The average molecular weight is 286 g/mol. The topological polar surface area (TPSA) is 92.4 Å². The van der Waals surface area contributed by atoms with Crippen molar-refractivity contribution in [3.8, 4) is 0 Å². The number of fused-ring (bicyclic) bond motifs is 1. The maximum atomic E-state index is 12.3. The molecule has 0 heterocycles. The van der Waals surface area contributed by atoms with Crippen LogP contribution in [0.25, 0.3) is 10.8 Å². The highest BCUT2D eigenvalue weighted by atomic mass is 16.4. The Balaban J connectivity index is 2.39. The van der Waals surface area contributed by atoms with E-state index in [1.165, 1.54) is 6.92 Å². The van der Waals surface area contributed by atoms with Crippen LogP contribution in [0.1, 0.15) is 30.6 Å². The van der Waals surface area contributed by atoms with Crippen LogP contribution >= 0.6 is 0 Å². The number of anilines is 1. The molecule has 1 atom stereocenters. The van der Waals surface area contributed by atoms with E-state index in [4.69, 9.17) is 5.73 Å². The van der Waals surface area contributed by atoms with Crippen molar-refractivity contribution < 1.29 is 14.7 Å². The highest BCUT2D eigenvalue weighted by molar-refractivity contribution is 6.05. The molecule has 0 fully saturated rings. The molecule has 0 aliphatic rings. The zero-order valence-corrected chi connectivity index (χ0v) is 12.0. The van der Waals surface area contributed by atoms with Crippen LogP contribution in [0, 0.1) is 0 Å². The van der Waals surface area contributed by atoms with E-state index in [0.717, 1.165) is 10.8 Å². The standard InChI is InChI=1S/C16H18N2O3/c1-3-16(2,15(20)21)18-14(19)12-8-10-6-4-5-7-11(10)9-13(12)17/h4-9H,3,17H2,1-2H3,(H,18,19)(H,20,21). The van der Waals surface area contributed by atoms with Gasteiger partial charge in [-0.25, -0.2) is 4.79 Å². The van der Waals surface area contributed by atoms with Crippen molar-refractivity contribution in [1.29, 1.82) is 0 Å². The number of benzene rings is 2. The van der Waals surface area contributed by atoms with Crippen molar-refractivity contribution in [2.24, 2.45) is 0 Å². The summed E-state index contributed by atoms with van der Waals surface area (Å²) in [6, 6.07) is 10.9. The Labute approximate surface area is 122 Å². The van der Waals surface area contributed by atoms with Gasteiger partial charge < -0.3 is 16.2 Å². The predicted octanol–water partition coefficient (Wildman–Crippen LogP) is 2.41. The summed E-state index contributed by atoms with van der Waals surface area (Å²) in [4.78, 5) is 23.6. The molecule has 0 saturated carbocycles. The first-order valence-electron chi connectivity index (χ1n) is 6.71. The highest BCUT2D eigenvalue weighted by Crippen LogP contribution is 2.22. The largest absolute Gasteiger partial charge is 0.480 e. The van der Waals surface area contributed by atoms with E-state index < -0.39 is 17.4 Å². The number of nitrogens with two attached hydrogens (primary N) is 1. The third-order valence-electron chi connectivity index (χ3n) is 3.73. The second kappa shape index (κ2) is 5.44. The Morgan fingerprint density at radius 2 is 1.81 bits per heavy atom. The Morgan fingerprint density at radius 3 is 2.33 bits per heavy atom. The number of rotatable bonds is 4. The molecule has 0 radical (unpaired) electrons. The molecule has 0 aromatic heterocycles. The van der Waals surface area contributed by atoms with Gasteiger partial charge in [-0.05, 0) is 36.2 Å². The summed E-state index contributed by atoms with van der Waals surface area (Å²) in [5.74, 6) is -1.55. The van der Waals surface area contributed by atoms with Crippen molar-refractivity contribution in [1.82, 2.24) is 5.32 Å². The zero-order chi connectivity index (χ0) is 15.6. The molecule has 2 aromatic rings. The van der Waals surface area contributed by atoms with Crippen LogP contribution in [-0.2, 0) is 4.79 Å². The molecule has 0 saturated heterocycles. The van der Waals surface area contributed by atoms with E-state index in [1.807, 2.05) is 24.3 Å². The lowest BCUT2D eigenvalue weighted by Crippen LogP contribution is -2.51. The van der Waals surface area contributed by atoms with Gasteiger partial charge in [-0.2, -0.15) is 0 Å². The number of aliphatic carboxylic acids is 1. The number of carboxylic acid groups (broad SMARTS) is 1. The van der Waals surface area contributed by atoms with E-state index >= 15 is 0 Å². The van der Waals surface area contributed by atoms with E-state index in [1.54, 1.807) is 19.1 Å². The first-order chi connectivity index (χ1) is 9.87. The Hall–Kier alpha value is -2.56. The van der Waals surface area contributed by atoms with Crippen molar-refractivity contribution in [3.63, 3.8) is 0 Å². The Morgan fingerprint density at radius 1 is 1.24 bits per heavy atom. The van der Waals surface area contributed by atoms with Crippen molar-refractivity contribution in [2.45, 2.75) is 25.8 Å². The van der Waals surface area contributed by atoms with Crippen molar-refractivity contribution in [2.75, 3.05) is 5.73 Å². The van der Waals surface area contributed by atoms with Gasteiger partial charge in [-0.1, -0.05) is 31.2 Å². The van der Waals surface area contributed by atoms with Crippen LogP contribution in [0.2, 0.25) is 0 Å². The van der Waals surface area contributed by atoms with Crippen molar-refractivity contribution in [3.05, 3.63) is 42.0 Å². The lowest BCUT2D eigenvalue weighted by Gasteiger charge is -2.25. The normalized spacial score (nSPS) is 13.6. The summed E-state index contributed by atoms with van der Waals surface area (Å²) in [5.41, 5.74) is 5.22. The fraction of sp³-hybridized carbons (Fsp3) is 0.250. The number of hydrogen-bond donors (Lipinski definition) is 3. The van der Waals surface area contributed by atoms with Crippen LogP contribution in [-0.4, -0.2) is 22.5 Å². The number of hydrogen-bond acceptors (Lipinski definition) is 3. The number of carbonyl (C=O) groups excluding carboxylic acids is 1. The molecule has 21 heavy (non-hydrogen) atoms. The predicted molar refractivity (Wildman–Crippen MR) is 82.2 cm³/mol. The van der Waals surface area contributed by atoms with E-state index in [9.17, 15) is 14.7 Å². The number of nitrogens with one attached hydrogen (secondary N) is 1. The maximum absolute atomic E-state index is 12.3. The van der Waals surface area contributed by atoms with E-state index in [-0.39, 0.29) is 12.0 Å². The molecule has 5 heteroatoms. The van der Waals surface area contributed by atoms with Gasteiger partial charge in [0, 0.05) is 5.69 Å². The van der Waals surface area contributed by atoms with Gasteiger partial charge in [-0.3, -0.25) is 4.79 Å². The van der Waals surface area contributed by atoms with Gasteiger partial charge in [0.25, 0.3) is 5.91 Å². The fourth-order valence-electron chi connectivity index (χ4n) is 2.07. The summed E-state index contributed by atoms with van der Waals surface area (Å²) >= 11 is 0. The average Bonchev–Trinajstić information content (AvgIpc) is 2.46. The minimum Gasteiger partial charge on any atom is -0.480 e. The molecule has 0 bridgehead atoms. The lowest BCUT2D eigenvalue weighted by molar-refractivity contribution is -0.143. The van der Waals surface area contributed by atoms with Gasteiger partial charge in [0.1, 0.15) is 5.54 Å². The number of carboxylic acids is 1. The van der Waals surface area contributed by atoms with Gasteiger partial charge >= 0.3 is 5.97 Å². The van der Waals surface area contributed by atoms with Crippen LogP contribution < -0.4 is 11.1 Å². The molecule has 1 amide bonds. The summed E-state index contributed by atoms with van der Waals surface area (Å²) in [6.45, 7) is 3.18. The lowest BCUT2D eigenvalue weighted by atomic mass is 9.97. The van der Waals surface area contributed by atoms with E-state index in [0.29, 0.717) is 5.69 Å². The third-order valence-corrected chi connectivity index (χ3v) is 3.73. The third kappa shape index (κ3) is 2.81. The fourth-order valence-corrected chi connectivity index (χ4v) is 2.07. The molecule has 2 aromatic carbocycles. The Kier molecular flexibility index (Phi) is 3.84. The Bertz CT molecular complexity index is 712. The smallest absolute Gasteiger partial charge is 0.329 e. The monoisotopic (exact) mass is 286 g/mol. The van der Waals surface area contributed by atoms with Crippen LogP contribution in [0.3, 0.4) is 0 Å². The van der Waals surface area contributed by atoms with Crippen LogP contribution in [0.15, 0.2) is 36.4 Å². The molecule has 0 aliphatic carbocycles. The first-order valence-corrected chi connectivity index (χ1v) is 6.71. The highest BCUT2D eigenvalue weighted by Gasteiger charge is 2.33.